The molecule has 1 heterocycles. The fourth-order valence-electron chi connectivity index (χ4n) is 1.74. The molecule has 2 rings (SSSR count). The maximum absolute atomic E-state index is 12.0. The number of alkyl halides is 3. The van der Waals surface area contributed by atoms with Gasteiger partial charge in [0.05, 0.1) is 5.37 Å². The molecule has 1 N–H and O–H groups in total. The monoisotopic (exact) mass is 277 g/mol. The van der Waals surface area contributed by atoms with Gasteiger partial charge >= 0.3 is 6.36 Å². The molecule has 1 saturated heterocycles. The Labute approximate surface area is 108 Å². The molecular formula is C12H14F3NOS. The Bertz CT molecular complexity index is 385. The molecule has 0 spiro atoms. The molecule has 1 aromatic rings. The first kappa shape index (κ1) is 13.5. The first-order chi connectivity index (χ1) is 8.44. The highest BCUT2D eigenvalue weighted by Gasteiger charge is 2.31. The molecule has 1 fully saturated rings. The van der Waals surface area contributed by atoms with Crippen molar-refractivity contribution in [3.05, 3.63) is 29.8 Å². The highest BCUT2D eigenvalue weighted by Crippen LogP contribution is 2.32. The smallest absolute Gasteiger partial charge is 0.406 e. The third kappa shape index (κ3) is 3.81. The van der Waals surface area contributed by atoms with Crippen LogP contribution >= 0.6 is 11.8 Å². The van der Waals surface area contributed by atoms with Crippen molar-refractivity contribution in [2.24, 2.45) is 5.92 Å². The van der Waals surface area contributed by atoms with Gasteiger partial charge in [-0.1, -0.05) is 19.1 Å². The second-order valence-electron chi connectivity index (χ2n) is 4.34. The van der Waals surface area contributed by atoms with Gasteiger partial charge in [-0.15, -0.1) is 24.9 Å². The zero-order chi connectivity index (χ0) is 13.2. The van der Waals surface area contributed by atoms with E-state index in [0.29, 0.717) is 5.92 Å². The van der Waals surface area contributed by atoms with Crippen molar-refractivity contribution < 1.29 is 17.9 Å². The van der Waals surface area contributed by atoms with Gasteiger partial charge in [-0.05, 0) is 35.9 Å². The Morgan fingerprint density at radius 3 is 2.44 bits per heavy atom. The van der Waals surface area contributed by atoms with Crippen LogP contribution in [-0.2, 0) is 0 Å². The van der Waals surface area contributed by atoms with Gasteiger partial charge in [0.25, 0.3) is 0 Å². The minimum atomic E-state index is -4.63. The van der Waals surface area contributed by atoms with E-state index < -0.39 is 6.36 Å². The maximum atomic E-state index is 12.0. The van der Waals surface area contributed by atoms with Crippen LogP contribution in [0.25, 0.3) is 0 Å². The standard InChI is InChI=1S/C12H14F3NOS/c1-8-6-16-11(18-7-8)9-2-4-10(5-3-9)17-12(13,14)15/h2-5,8,11,16H,6-7H2,1H3. The molecule has 1 aliphatic heterocycles. The van der Waals surface area contributed by atoms with Crippen LogP contribution in [0, 0.1) is 5.92 Å². The summed E-state index contributed by atoms with van der Waals surface area (Å²) in [6.45, 7) is 3.09. The molecule has 0 saturated carbocycles. The Kier molecular flexibility index (Phi) is 4.07. The quantitative estimate of drug-likeness (QED) is 0.893. The molecule has 1 aliphatic rings. The molecule has 1 aromatic carbocycles. The zero-order valence-electron chi connectivity index (χ0n) is 9.83. The van der Waals surface area contributed by atoms with Gasteiger partial charge in [0.15, 0.2) is 0 Å². The average molecular weight is 277 g/mol. The lowest BCUT2D eigenvalue weighted by Crippen LogP contribution is -2.31. The van der Waals surface area contributed by atoms with Crippen molar-refractivity contribution in [3.8, 4) is 5.75 Å². The van der Waals surface area contributed by atoms with E-state index in [-0.39, 0.29) is 11.1 Å². The van der Waals surface area contributed by atoms with Gasteiger partial charge in [0.2, 0.25) is 0 Å². The third-order valence-corrected chi connectivity index (χ3v) is 4.15. The molecule has 18 heavy (non-hydrogen) atoms. The van der Waals surface area contributed by atoms with Crippen LogP contribution in [0.4, 0.5) is 13.2 Å². The van der Waals surface area contributed by atoms with E-state index in [1.807, 2.05) is 0 Å². The van der Waals surface area contributed by atoms with Crippen molar-refractivity contribution in [3.63, 3.8) is 0 Å². The summed E-state index contributed by atoms with van der Waals surface area (Å²) < 4.78 is 39.8. The molecule has 2 unspecified atom stereocenters. The van der Waals surface area contributed by atoms with Crippen LogP contribution in [0.1, 0.15) is 17.9 Å². The van der Waals surface area contributed by atoms with E-state index in [0.717, 1.165) is 17.9 Å². The van der Waals surface area contributed by atoms with E-state index >= 15 is 0 Å². The third-order valence-electron chi connectivity index (χ3n) is 2.62. The minimum absolute atomic E-state index is 0.154. The van der Waals surface area contributed by atoms with Gasteiger partial charge in [-0.25, -0.2) is 0 Å². The summed E-state index contributed by atoms with van der Waals surface area (Å²) in [5.74, 6) is 1.50. The minimum Gasteiger partial charge on any atom is -0.406 e. The summed E-state index contributed by atoms with van der Waals surface area (Å²) in [7, 11) is 0. The number of hydrogen-bond acceptors (Lipinski definition) is 3. The highest BCUT2D eigenvalue weighted by atomic mass is 32.2. The summed E-state index contributed by atoms with van der Waals surface area (Å²) >= 11 is 1.77. The number of benzene rings is 1. The Balaban J connectivity index is 1.99. The van der Waals surface area contributed by atoms with Crippen molar-refractivity contribution in [2.45, 2.75) is 18.7 Å². The van der Waals surface area contributed by atoms with Gasteiger partial charge in [-0.3, -0.25) is 0 Å². The molecule has 0 aromatic heterocycles. The van der Waals surface area contributed by atoms with E-state index in [9.17, 15) is 13.2 Å². The lowest BCUT2D eigenvalue weighted by Gasteiger charge is -2.27. The highest BCUT2D eigenvalue weighted by molar-refractivity contribution is 7.99. The SMILES string of the molecule is CC1CNC(c2ccc(OC(F)(F)F)cc2)SC1. The van der Waals surface area contributed by atoms with E-state index in [1.165, 1.54) is 12.1 Å². The average Bonchev–Trinajstić information content (AvgIpc) is 2.29. The lowest BCUT2D eigenvalue weighted by atomic mass is 10.2. The number of rotatable bonds is 2. The summed E-state index contributed by atoms with van der Waals surface area (Å²) in [5.41, 5.74) is 0.974. The number of nitrogens with one attached hydrogen (secondary N) is 1. The molecule has 0 radical (unpaired) electrons. The molecule has 2 atom stereocenters. The predicted octanol–water partition coefficient (Wildman–Crippen LogP) is 3.56. The largest absolute Gasteiger partial charge is 0.573 e. The number of hydrogen-bond donors (Lipinski definition) is 1. The summed E-state index contributed by atoms with van der Waals surface area (Å²) in [4.78, 5) is 0. The molecule has 6 heteroatoms. The first-order valence-electron chi connectivity index (χ1n) is 5.65. The summed E-state index contributed by atoms with van der Waals surface area (Å²) in [6.07, 6.45) is -4.63. The molecule has 2 nitrogen and oxygen atoms in total. The van der Waals surface area contributed by atoms with Crippen LogP contribution in [-0.4, -0.2) is 18.7 Å². The van der Waals surface area contributed by atoms with Gasteiger partial charge in [0.1, 0.15) is 5.75 Å². The Morgan fingerprint density at radius 1 is 1.28 bits per heavy atom. The Hall–Kier alpha value is -0.880. The fourth-order valence-corrected chi connectivity index (χ4v) is 2.95. The maximum Gasteiger partial charge on any atom is 0.573 e. The number of thioether (sulfide) groups is 1. The topological polar surface area (TPSA) is 21.3 Å². The molecule has 0 amide bonds. The zero-order valence-corrected chi connectivity index (χ0v) is 10.6. The number of ether oxygens (including phenoxy) is 1. The molecule has 0 aliphatic carbocycles. The lowest BCUT2D eigenvalue weighted by molar-refractivity contribution is -0.274. The van der Waals surface area contributed by atoms with Gasteiger partial charge < -0.3 is 10.1 Å². The van der Waals surface area contributed by atoms with Crippen LogP contribution in [0.3, 0.4) is 0 Å². The van der Waals surface area contributed by atoms with Crippen molar-refractivity contribution in [2.75, 3.05) is 12.3 Å². The van der Waals surface area contributed by atoms with E-state index in [4.69, 9.17) is 0 Å². The van der Waals surface area contributed by atoms with Crippen molar-refractivity contribution >= 4 is 11.8 Å². The fraction of sp³-hybridized carbons (Fsp3) is 0.500. The number of halogens is 3. The Morgan fingerprint density at radius 2 is 1.94 bits per heavy atom. The van der Waals surface area contributed by atoms with Crippen molar-refractivity contribution in [1.29, 1.82) is 0 Å². The van der Waals surface area contributed by atoms with E-state index in [2.05, 4.69) is 17.0 Å². The van der Waals surface area contributed by atoms with E-state index in [1.54, 1.807) is 23.9 Å². The van der Waals surface area contributed by atoms with Crippen LogP contribution in [0.5, 0.6) is 5.75 Å². The van der Waals surface area contributed by atoms with Crippen LogP contribution in [0.15, 0.2) is 24.3 Å². The molecule has 100 valence electrons. The first-order valence-corrected chi connectivity index (χ1v) is 6.69. The second-order valence-corrected chi connectivity index (χ2v) is 5.48. The molecular weight excluding hydrogens is 263 g/mol. The van der Waals surface area contributed by atoms with Crippen LogP contribution < -0.4 is 10.1 Å². The summed E-state index contributed by atoms with van der Waals surface area (Å²) in [5, 5.41) is 3.51. The molecule has 0 bridgehead atoms. The normalized spacial score (nSPS) is 24.9. The van der Waals surface area contributed by atoms with Gasteiger partial charge in [0, 0.05) is 0 Å². The summed E-state index contributed by atoms with van der Waals surface area (Å²) in [6, 6.07) is 6.04. The van der Waals surface area contributed by atoms with Gasteiger partial charge in [-0.2, -0.15) is 0 Å². The van der Waals surface area contributed by atoms with Crippen LogP contribution in [0.2, 0.25) is 0 Å². The second kappa shape index (κ2) is 5.40. The van der Waals surface area contributed by atoms with Crippen molar-refractivity contribution in [1.82, 2.24) is 5.32 Å². The predicted molar refractivity (Wildman–Crippen MR) is 65.5 cm³/mol.